The lowest BCUT2D eigenvalue weighted by molar-refractivity contribution is 0.0968. The average molecular weight is 262 g/mol. The Morgan fingerprint density at radius 1 is 1.53 bits per heavy atom. The summed E-state index contributed by atoms with van der Waals surface area (Å²) in [6, 6.07) is 5.49. The minimum Gasteiger partial charge on any atom is -0.398 e. The zero-order valence-corrected chi connectivity index (χ0v) is 11.4. The third kappa shape index (κ3) is 4.04. The number of carbonyl (C=O) groups is 1. The van der Waals surface area contributed by atoms with E-state index in [0.29, 0.717) is 30.3 Å². The molecule has 1 aliphatic rings. The summed E-state index contributed by atoms with van der Waals surface area (Å²) in [6.07, 6.45) is 3.09. The number of nitrogens with one attached hydrogen (secondary N) is 1. The van der Waals surface area contributed by atoms with Gasteiger partial charge in [0, 0.05) is 37.4 Å². The lowest BCUT2D eigenvalue weighted by atomic mass is 10.0. The van der Waals surface area contributed by atoms with Crippen LogP contribution in [0.1, 0.15) is 35.2 Å². The van der Waals surface area contributed by atoms with Crippen LogP contribution in [0.3, 0.4) is 0 Å². The van der Waals surface area contributed by atoms with Gasteiger partial charge in [0.25, 0.3) is 0 Å². The van der Waals surface area contributed by atoms with Crippen LogP contribution in [-0.2, 0) is 4.74 Å². The van der Waals surface area contributed by atoms with Crippen molar-refractivity contribution in [3.8, 4) is 0 Å². The number of anilines is 1. The number of nitrogen functional groups attached to an aromatic ring is 1. The molecule has 0 amide bonds. The summed E-state index contributed by atoms with van der Waals surface area (Å²) in [6.45, 7) is 4.33. The minimum absolute atomic E-state index is 0.131. The van der Waals surface area contributed by atoms with Crippen LogP contribution in [0.2, 0.25) is 0 Å². The van der Waals surface area contributed by atoms with Crippen LogP contribution in [-0.4, -0.2) is 31.6 Å². The maximum Gasteiger partial charge on any atom is 0.164 e. The molecule has 0 aliphatic carbocycles. The monoisotopic (exact) mass is 262 g/mol. The van der Waals surface area contributed by atoms with Crippen LogP contribution < -0.4 is 11.1 Å². The van der Waals surface area contributed by atoms with Crippen molar-refractivity contribution < 1.29 is 9.53 Å². The quantitative estimate of drug-likeness (QED) is 0.467. The van der Waals surface area contributed by atoms with Gasteiger partial charge in [0.05, 0.1) is 6.10 Å². The summed E-state index contributed by atoms with van der Waals surface area (Å²) in [5.41, 5.74) is 8.19. The van der Waals surface area contributed by atoms with E-state index in [1.54, 1.807) is 6.07 Å². The first-order chi connectivity index (χ1) is 9.16. The van der Waals surface area contributed by atoms with E-state index in [1.165, 1.54) is 0 Å². The maximum absolute atomic E-state index is 12.0. The zero-order chi connectivity index (χ0) is 13.7. The van der Waals surface area contributed by atoms with Crippen LogP contribution in [0.4, 0.5) is 5.69 Å². The Bertz CT molecular complexity index is 440. The molecule has 0 saturated carbocycles. The Hall–Kier alpha value is -1.39. The molecule has 4 heteroatoms. The number of carbonyl (C=O) groups excluding carboxylic acids is 1. The highest BCUT2D eigenvalue weighted by molar-refractivity contribution is 5.97. The molecule has 1 saturated heterocycles. The van der Waals surface area contributed by atoms with Gasteiger partial charge in [0.15, 0.2) is 5.78 Å². The lowest BCUT2D eigenvalue weighted by Crippen LogP contribution is -2.28. The van der Waals surface area contributed by atoms with Crippen molar-refractivity contribution in [1.82, 2.24) is 5.32 Å². The highest BCUT2D eigenvalue weighted by Crippen LogP contribution is 2.14. The molecule has 0 spiro atoms. The van der Waals surface area contributed by atoms with Gasteiger partial charge in [-0.25, -0.2) is 0 Å². The first-order valence-corrected chi connectivity index (χ1v) is 6.88. The smallest absolute Gasteiger partial charge is 0.164 e. The number of benzene rings is 1. The van der Waals surface area contributed by atoms with E-state index in [4.69, 9.17) is 10.5 Å². The average Bonchev–Trinajstić information content (AvgIpc) is 2.91. The second kappa shape index (κ2) is 6.68. The van der Waals surface area contributed by atoms with Crippen molar-refractivity contribution in [3.05, 3.63) is 29.3 Å². The highest BCUT2D eigenvalue weighted by atomic mass is 16.5. The van der Waals surface area contributed by atoms with Gasteiger partial charge in [-0.1, -0.05) is 12.1 Å². The fourth-order valence-corrected chi connectivity index (χ4v) is 2.23. The molecule has 19 heavy (non-hydrogen) atoms. The molecule has 1 atom stereocenters. The van der Waals surface area contributed by atoms with Crippen molar-refractivity contribution in [2.24, 2.45) is 0 Å². The predicted octanol–water partition coefficient (Wildman–Crippen LogP) is 1.92. The lowest BCUT2D eigenvalue weighted by Gasteiger charge is -2.10. The van der Waals surface area contributed by atoms with Gasteiger partial charge in [-0.2, -0.15) is 0 Å². The second-order valence-electron chi connectivity index (χ2n) is 5.08. The Labute approximate surface area is 114 Å². The molecule has 1 heterocycles. The van der Waals surface area contributed by atoms with E-state index >= 15 is 0 Å². The summed E-state index contributed by atoms with van der Waals surface area (Å²) in [5.74, 6) is 0.131. The van der Waals surface area contributed by atoms with E-state index in [1.807, 2.05) is 19.1 Å². The van der Waals surface area contributed by atoms with Gasteiger partial charge in [0.1, 0.15) is 0 Å². The molecule has 2 rings (SSSR count). The molecule has 1 aromatic carbocycles. The van der Waals surface area contributed by atoms with E-state index in [-0.39, 0.29) is 5.78 Å². The molecule has 3 N–H and O–H groups in total. The van der Waals surface area contributed by atoms with Crippen molar-refractivity contribution in [1.29, 1.82) is 0 Å². The number of hydrogen-bond acceptors (Lipinski definition) is 4. The first-order valence-electron chi connectivity index (χ1n) is 6.88. The number of aryl methyl sites for hydroxylation is 1. The number of nitrogens with two attached hydrogens (primary N) is 1. The number of Topliss-reactive ketones (excluding diaryl/α,β-unsaturated/α-hetero) is 1. The largest absolute Gasteiger partial charge is 0.398 e. The van der Waals surface area contributed by atoms with Crippen molar-refractivity contribution in [3.63, 3.8) is 0 Å². The molecule has 0 aromatic heterocycles. The van der Waals surface area contributed by atoms with Crippen molar-refractivity contribution in [2.45, 2.75) is 32.3 Å². The molecule has 1 aromatic rings. The van der Waals surface area contributed by atoms with Gasteiger partial charge in [-0.3, -0.25) is 4.79 Å². The van der Waals surface area contributed by atoms with Crippen LogP contribution in [0.25, 0.3) is 0 Å². The number of ketones is 1. The summed E-state index contributed by atoms with van der Waals surface area (Å²) in [4.78, 5) is 12.0. The van der Waals surface area contributed by atoms with Gasteiger partial charge >= 0.3 is 0 Å². The van der Waals surface area contributed by atoms with Crippen molar-refractivity contribution in [2.75, 3.05) is 25.4 Å². The third-order valence-corrected chi connectivity index (χ3v) is 3.53. The third-order valence-electron chi connectivity index (χ3n) is 3.53. The molecular weight excluding hydrogens is 240 g/mol. The Morgan fingerprint density at radius 2 is 2.37 bits per heavy atom. The zero-order valence-electron chi connectivity index (χ0n) is 11.4. The van der Waals surface area contributed by atoms with E-state index < -0.39 is 0 Å². The molecule has 104 valence electrons. The standard InChI is InChI=1S/C15H22N2O2/c1-11-4-5-12(9-14(11)16)15(18)6-7-17-10-13-3-2-8-19-13/h4-5,9,13,17H,2-3,6-8,10,16H2,1H3. The molecule has 1 unspecified atom stereocenters. The maximum atomic E-state index is 12.0. The first kappa shape index (κ1) is 14.0. The van der Waals surface area contributed by atoms with Gasteiger partial charge in [-0.05, 0) is 31.4 Å². The van der Waals surface area contributed by atoms with E-state index in [0.717, 1.165) is 31.6 Å². The molecule has 0 bridgehead atoms. The van der Waals surface area contributed by atoms with Crippen LogP contribution in [0.5, 0.6) is 0 Å². The summed E-state index contributed by atoms with van der Waals surface area (Å²) >= 11 is 0. The van der Waals surface area contributed by atoms with Crippen LogP contribution in [0.15, 0.2) is 18.2 Å². The van der Waals surface area contributed by atoms with Gasteiger partial charge in [-0.15, -0.1) is 0 Å². The summed E-state index contributed by atoms with van der Waals surface area (Å²) in [5, 5.41) is 3.28. The molecule has 1 fully saturated rings. The number of ether oxygens (including phenoxy) is 1. The van der Waals surface area contributed by atoms with Crippen molar-refractivity contribution >= 4 is 11.5 Å². The SMILES string of the molecule is Cc1ccc(C(=O)CCNCC2CCCO2)cc1N. The van der Waals surface area contributed by atoms with E-state index in [9.17, 15) is 4.79 Å². The molecule has 4 nitrogen and oxygen atoms in total. The number of hydrogen-bond donors (Lipinski definition) is 2. The summed E-state index contributed by atoms with van der Waals surface area (Å²) < 4.78 is 5.51. The fourth-order valence-electron chi connectivity index (χ4n) is 2.23. The van der Waals surface area contributed by atoms with Gasteiger partial charge in [0.2, 0.25) is 0 Å². The fraction of sp³-hybridized carbons (Fsp3) is 0.533. The molecule has 1 aliphatic heterocycles. The Kier molecular flexibility index (Phi) is 4.93. The van der Waals surface area contributed by atoms with Crippen LogP contribution >= 0.6 is 0 Å². The normalized spacial score (nSPS) is 18.7. The minimum atomic E-state index is 0.131. The number of rotatable bonds is 6. The Morgan fingerprint density at radius 3 is 3.05 bits per heavy atom. The van der Waals surface area contributed by atoms with Gasteiger partial charge < -0.3 is 15.8 Å². The Balaban J connectivity index is 1.72. The summed E-state index contributed by atoms with van der Waals surface area (Å²) in [7, 11) is 0. The topological polar surface area (TPSA) is 64.3 Å². The molecular formula is C15H22N2O2. The van der Waals surface area contributed by atoms with E-state index in [2.05, 4.69) is 5.32 Å². The predicted molar refractivity (Wildman–Crippen MR) is 76.4 cm³/mol. The highest BCUT2D eigenvalue weighted by Gasteiger charge is 2.14. The molecule has 0 radical (unpaired) electrons. The second-order valence-corrected chi connectivity index (χ2v) is 5.08. The van der Waals surface area contributed by atoms with Crippen LogP contribution in [0, 0.1) is 6.92 Å².